The van der Waals surface area contributed by atoms with Crippen LogP contribution in [-0.2, 0) is 24.3 Å². The number of hydrogen-bond donors (Lipinski definition) is 2. The summed E-state index contributed by atoms with van der Waals surface area (Å²) in [7, 11) is -2.29. The topological polar surface area (TPSA) is 134 Å². The van der Waals surface area contributed by atoms with Gasteiger partial charge < -0.3 is 15.4 Å². The molecular formula is C28H28N4O6S. The fraction of sp³-hybridized carbons (Fsp3) is 0.214. The van der Waals surface area contributed by atoms with E-state index in [9.17, 15) is 22.8 Å². The van der Waals surface area contributed by atoms with Crippen molar-refractivity contribution in [3.8, 4) is 0 Å². The number of nitrogens with one attached hydrogen (secondary N) is 2. The largest absolute Gasteiger partial charge is 0.462 e. The van der Waals surface area contributed by atoms with Crippen molar-refractivity contribution in [1.29, 1.82) is 0 Å². The van der Waals surface area contributed by atoms with E-state index in [0.717, 1.165) is 16.1 Å². The van der Waals surface area contributed by atoms with Gasteiger partial charge in [-0.1, -0.05) is 36.4 Å². The van der Waals surface area contributed by atoms with Crippen molar-refractivity contribution in [2.45, 2.75) is 12.8 Å². The summed E-state index contributed by atoms with van der Waals surface area (Å²) in [5.41, 5.74) is 3.49. The Morgan fingerprint density at radius 1 is 1.03 bits per heavy atom. The van der Waals surface area contributed by atoms with Crippen LogP contribution in [0.1, 0.15) is 34.3 Å². The summed E-state index contributed by atoms with van der Waals surface area (Å²) in [6, 6.07) is 20.5. The molecule has 0 saturated heterocycles. The molecule has 3 aromatic carbocycles. The molecule has 0 spiro atoms. The number of amides is 2. The number of benzene rings is 3. The lowest BCUT2D eigenvalue weighted by Gasteiger charge is -2.21. The molecule has 3 aromatic rings. The third kappa shape index (κ3) is 6.15. The van der Waals surface area contributed by atoms with Crippen LogP contribution in [0.5, 0.6) is 0 Å². The van der Waals surface area contributed by atoms with Crippen molar-refractivity contribution in [2.24, 2.45) is 4.99 Å². The Balaban J connectivity index is 1.74. The van der Waals surface area contributed by atoms with Gasteiger partial charge in [0.05, 0.1) is 35.5 Å². The van der Waals surface area contributed by atoms with E-state index in [1.54, 1.807) is 49.4 Å². The van der Waals surface area contributed by atoms with E-state index in [4.69, 9.17) is 9.73 Å². The number of ether oxygens (including phenoxy) is 1. The SMILES string of the molecule is CCOC(=O)c1ccc2c(c1)NC(=O)C2C(=Nc1ccc(N(CC(=O)NC)S(C)(=O)=O)cc1)c1ccccc1. The molecule has 39 heavy (non-hydrogen) atoms. The number of carbonyl (C=O) groups is 3. The summed E-state index contributed by atoms with van der Waals surface area (Å²) in [6.45, 7) is 1.60. The maximum atomic E-state index is 13.2. The zero-order valence-electron chi connectivity index (χ0n) is 21.7. The van der Waals surface area contributed by atoms with Gasteiger partial charge in [0.2, 0.25) is 21.8 Å². The van der Waals surface area contributed by atoms with Crippen LogP contribution >= 0.6 is 0 Å². The van der Waals surface area contributed by atoms with Crippen LogP contribution in [0.3, 0.4) is 0 Å². The Kier molecular flexibility index (Phi) is 8.10. The molecule has 0 aromatic heterocycles. The van der Waals surface area contributed by atoms with Crippen LogP contribution in [0.2, 0.25) is 0 Å². The van der Waals surface area contributed by atoms with Gasteiger partial charge in [-0.05, 0) is 54.4 Å². The summed E-state index contributed by atoms with van der Waals surface area (Å²) < 4.78 is 30.7. The lowest BCUT2D eigenvalue weighted by Crippen LogP contribution is -2.39. The minimum Gasteiger partial charge on any atom is -0.462 e. The molecule has 1 aliphatic heterocycles. The molecule has 2 N–H and O–H groups in total. The highest BCUT2D eigenvalue weighted by Crippen LogP contribution is 2.37. The first-order valence-electron chi connectivity index (χ1n) is 12.2. The van der Waals surface area contributed by atoms with Crippen LogP contribution < -0.4 is 14.9 Å². The van der Waals surface area contributed by atoms with Gasteiger partial charge in [0.1, 0.15) is 12.5 Å². The summed E-state index contributed by atoms with van der Waals surface area (Å²) in [5, 5.41) is 5.27. The number of carbonyl (C=O) groups excluding carboxylic acids is 3. The third-order valence-electron chi connectivity index (χ3n) is 6.09. The van der Waals surface area contributed by atoms with Gasteiger partial charge in [0, 0.05) is 12.7 Å². The molecule has 4 rings (SSSR count). The molecule has 0 saturated carbocycles. The number of nitrogens with zero attached hydrogens (tertiary/aromatic N) is 2. The quantitative estimate of drug-likeness (QED) is 0.312. The van der Waals surface area contributed by atoms with E-state index in [1.165, 1.54) is 7.05 Å². The molecule has 1 unspecified atom stereocenters. The number of hydrogen-bond acceptors (Lipinski definition) is 7. The van der Waals surface area contributed by atoms with Crippen LogP contribution in [0.4, 0.5) is 17.1 Å². The highest BCUT2D eigenvalue weighted by atomic mass is 32.2. The van der Waals surface area contributed by atoms with Crippen LogP contribution in [-0.4, -0.2) is 58.4 Å². The van der Waals surface area contributed by atoms with Crippen molar-refractivity contribution in [2.75, 3.05) is 36.1 Å². The van der Waals surface area contributed by atoms with Gasteiger partial charge in [0.15, 0.2) is 0 Å². The van der Waals surface area contributed by atoms with Crippen molar-refractivity contribution in [1.82, 2.24) is 5.32 Å². The molecule has 1 atom stereocenters. The Labute approximate surface area is 226 Å². The van der Waals surface area contributed by atoms with E-state index >= 15 is 0 Å². The molecule has 1 aliphatic rings. The number of anilines is 2. The number of likely N-dealkylation sites (N-methyl/N-ethyl adjacent to an activating group) is 1. The second kappa shape index (κ2) is 11.5. The second-order valence-corrected chi connectivity index (χ2v) is 10.7. The van der Waals surface area contributed by atoms with Crippen molar-refractivity contribution in [3.05, 3.63) is 89.5 Å². The molecule has 2 amide bonds. The van der Waals surface area contributed by atoms with Gasteiger partial charge in [-0.2, -0.15) is 0 Å². The van der Waals surface area contributed by atoms with Gasteiger partial charge in [-0.3, -0.25) is 18.9 Å². The predicted octanol–water partition coefficient (Wildman–Crippen LogP) is 3.23. The average molecular weight is 549 g/mol. The maximum absolute atomic E-state index is 13.2. The van der Waals surface area contributed by atoms with Crippen molar-refractivity contribution in [3.63, 3.8) is 0 Å². The zero-order chi connectivity index (χ0) is 28.2. The van der Waals surface area contributed by atoms with Crippen LogP contribution in [0, 0.1) is 0 Å². The minimum atomic E-state index is -3.72. The first-order valence-corrected chi connectivity index (χ1v) is 14.0. The number of fused-ring (bicyclic) bond motifs is 1. The Morgan fingerprint density at radius 2 is 1.72 bits per heavy atom. The lowest BCUT2D eigenvalue weighted by atomic mass is 9.90. The average Bonchev–Trinajstić information content (AvgIpc) is 3.25. The fourth-order valence-corrected chi connectivity index (χ4v) is 5.08. The summed E-state index contributed by atoms with van der Waals surface area (Å²) >= 11 is 0. The zero-order valence-corrected chi connectivity index (χ0v) is 22.5. The van der Waals surface area contributed by atoms with E-state index in [-0.39, 0.29) is 19.1 Å². The molecule has 11 heteroatoms. The maximum Gasteiger partial charge on any atom is 0.338 e. The molecule has 0 fully saturated rings. The highest BCUT2D eigenvalue weighted by Gasteiger charge is 2.36. The van der Waals surface area contributed by atoms with Crippen LogP contribution in [0.15, 0.2) is 77.8 Å². The summed E-state index contributed by atoms with van der Waals surface area (Å²) in [4.78, 5) is 42.1. The van der Waals surface area contributed by atoms with Gasteiger partial charge in [-0.15, -0.1) is 0 Å². The van der Waals surface area contributed by atoms with Crippen molar-refractivity contribution >= 4 is 50.6 Å². The van der Waals surface area contributed by atoms with E-state index in [0.29, 0.717) is 33.9 Å². The molecule has 0 aliphatic carbocycles. The molecule has 0 radical (unpaired) electrons. The molecule has 0 bridgehead atoms. The Bertz CT molecular complexity index is 1540. The van der Waals surface area contributed by atoms with E-state index in [1.807, 2.05) is 30.3 Å². The lowest BCUT2D eigenvalue weighted by molar-refractivity contribution is -0.119. The number of rotatable bonds is 9. The first-order chi connectivity index (χ1) is 18.6. The Morgan fingerprint density at radius 3 is 2.33 bits per heavy atom. The van der Waals surface area contributed by atoms with E-state index < -0.39 is 27.8 Å². The molecule has 202 valence electrons. The number of aliphatic imine (C=N–C) groups is 1. The first kappa shape index (κ1) is 27.5. The van der Waals surface area contributed by atoms with Crippen LogP contribution in [0.25, 0.3) is 0 Å². The predicted molar refractivity (Wildman–Crippen MR) is 149 cm³/mol. The van der Waals surface area contributed by atoms with Crippen molar-refractivity contribution < 1.29 is 27.5 Å². The molecule has 1 heterocycles. The standard InChI is InChI=1S/C28H28N4O6S/c1-4-38-28(35)19-10-15-22-23(16-19)31-27(34)25(22)26(18-8-6-5-7-9-18)30-20-11-13-21(14-12-20)32(39(3,36)37)17-24(33)29-2/h5-16,25H,4,17H2,1-3H3,(H,29,33)(H,31,34). The molecule has 10 nitrogen and oxygen atoms in total. The molecular weight excluding hydrogens is 520 g/mol. The van der Waals surface area contributed by atoms with Gasteiger partial charge >= 0.3 is 5.97 Å². The van der Waals surface area contributed by atoms with Gasteiger partial charge in [0.25, 0.3) is 0 Å². The Hall–Kier alpha value is -4.51. The third-order valence-corrected chi connectivity index (χ3v) is 7.23. The van der Waals surface area contributed by atoms with Gasteiger partial charge in [-0.25, -0.2) is 13.2 Å². The fourth-order valence-electron chi connectivity index (χ4n) is 4.22. The smallest absolute Gasteiger partial charge is 0.338 e. The summed E-state index contributed by atoms with van der Waals surface area (Å²) in [6.07, 6.45) is 1.03. The highest BCUT2D eigenvalue weighted by molar-refractivity contribution is 7.92. The number of sulfonamides is 1. The minimum absolute atomic E-state index is 0.238. The monoisotopic (exact) mass is 548 g/mol. The normalized spacial score (nSPS) is 14.8. The second-order valence-electron chi connectivity index (χ2n) is 8.77. The number of esters is 1. The summed E-state index contributed by atoms with van der Waals surface area (Å²) in [5.74, 6) is -1.97. The van der Waals surface area contributed by atoms with E-state index in [2.05, 4.69) is 10.6 Å².